The van der Waals surface area contributed by atoms with Gasteiger partial charge < -0.3 is 4.90 Å². The zero-order valence-corrected chi connectivity index (χ0v) is 13.9. The van der Waals surface area contributed by atoms with Crippen LogP contribution in [0.3, 0.4) is 0 Å². The molecule has 0 saturated heterocycles. The average Bonchev–Trinajstić information content (AvgIpc) is 2.48. The molecule has 1 heteroatoms. The van der Waals surface area contributed by atoms with Crippen molar-refractivity contribution in [1.29, 1.82) is 0 Å². The highest BCUT2D eigenvalue weighted by Gasteiger charge is 2.23. The quantitative estimate of drug-likeness (QED) is 0.606. The van der Waals surface area contributed by atoms with Crippen molar-refractivity contribution in [3.63, 3.8) is 0 Å². The summed E-state index contributed by atoms with van der Waals surface area (Å²) < 4.78 is 0. The van der Waals surface area contributed by atoms with E-state index in [4.69, 9.17) is 0 Å². The smallest absolute Gasteiger partial charge is 0.00951 e. The van der Waals surface area contributed by atoms with E-state index in [2.05, 4.69) is 11.9 Å². The Morgan fingerprint density at radius 2 is 0.700 bits per heavy atom. The summed E-state index contributed by atoms with van der Waals surface area (Å²) in [7, 11) is 2.44. The third kappa shape index (κ3) is 5.76. The summed E-state index contributed by atoms with van der Waals surface area (Å²) in [6, 6.07) is 1.79. The van der Waals surface area contributed by atoms with Gasteiger partial charge in [-0.25, -0.2) is 0 Å². The Balaban J connectivity index is 1.80. The van der Waals surface area contributed by atoms with Crippen LogP contribution in [0.2, 0.25) is 0 Å². The molecule has 0 aliphatic heterocycles. The van der Waals surface area contributed by atoms with Crippen LogP contribution in [0, 0.1) is 0 Å². The van der Waals surface area contributed by atoms with Crippen LogP contribution in [0.1, 0.15) is 103 Å². The highest BCUT2D eigenvalue weighted by atomic mass is 15.2. The van der Waals surface area contributed by atoms with E-state index < -0.39 is 0 Å². The summed E-state index contributed by atoms with van der Waals surface area (Å²) in [4.78, 5) is 2.80. The van der Waals surface area contributed by atoms with Crippen molar-refractivity contribution in [2.45, 2.75) is 115 Å². The number of hydrogen-bond donors (Lipinski definition) is 0. The SMILES string of the molecule is CN(C1CCCCCCCCCCC1)C1CCCCC1. The second-order valence-electron chi connectivity index (χ2n) is 7.37. The zero-order chi connectivity index (χ0) is 14.0. The van der Waals surface area contributed by atoms with Crippen LogP contribution < -0.4 is 0 Å². The van der Waals surface area contributed by atoms with Gasteiger partial charge in [0, 0.05) is 12.1 Å². The van der Waals surface area contributed by atoms with Crippen molar-refractivity contribution in [1.82, 2.24) is 4.90 Å². The summed E-state index contributed by atoms with van der Waals surface area (Å²) >= 11 is 0. The lowest BCUT2D eigenvalue weighted by molar-refractivity contribution is 0.120. The molecule has 0 aromatic rings. The monoisotopic (exact) mass is 279 g/mol. The summed E-state index contributed by atoms with van der Waals surface area (Å²) in [5.41, 5.74) is 0. The number of hydrogen-bond acceptors (Lipinski definition) is 1. The fraction of sp³-hybridized carbons (Fsp3) is 1.00. The second-order valence-corrected chi connectivity index (χ2v) is 7.37. The third-order valence-corrected chi connectivity index (χ3v) is 5.80. The molecule has 2 saturated carbocycles. The lowest BCUT2D eigenvalue weighted by Crippen LogP contribution is -2.41. The number of nitrogens with zero attached hydrogens (tertiary/aromatic N) is 1. The molecule has 2 aliphatic rings. The Morgan fingerprint density at radius 1 is 0.450 bits per heavy atom. The standard InChI is InChI=1S/C19H37N/c1-20(19-16-12-9-13-17-19)18-14-10-7-5-3-2-4-6-8-11-15-18/h18-19H,2-17H2,1H3. The lowest BCUT2D eigenvalue weighted by atomic mass is 9.91. The van der Waals surface area contributed by atoms with Crippen LogP contribution in [0.5, 0.6) is 0 Å². The third-order valence-electron chi connectivity index (χ3n) is 5.80. The molecule has 2 fully saturated rings. The van der Waals surface area contributed by atoms with Crippen molar-refractivity contribution in [3.05, 3.63) is 0 Å². The van der Waals surface area contributed by atoms with Crippen molar-refractivity contribution in [2.75, 3.05) is 7.05 Å². The van der Waals surface area contributed by atoms with Crippen molar-refractivity contribution in [2.24, 2.45) is 0 Å². The molecule has 0 radical (unpaired) electrons. The van der Waals surface area contributed by atoms with Gasteiger partial charge >= 0.3 is 0 Å². The first-order chi connectivity index (χ1) is 9.88. The Morgan fingerprint density at radius 3 is 1.05 bits per heavy atom. The van der Waals surface area contributed by atoms with Crippen LogP contribution in [-0.4, -0.2) is 24.0 Å². The van der Waals surface area contributed by atoms with Crippen LogP contribution >= 0.6 is 0 Å². The first kappa shape index (κ1) is 16.3. The Hall–Kier alpha value is -0.0400. The highest BCUT2D eigenvalue weighted by Crippen LogP contribution is 2.27. The molecule has 0 N–H and O–H groups in total. The molecule has 0 aromatic carbocycles. The maximum absolute atomic E-state index is 2.80. The Kier molecular flexibility index (Phi) is 8.02. The van der Waals surface area contributed by atoms with Crippen LogP contribution in [0.25, 0.3) is 0 Å². The van der Waals surface area contributed by atoms with Gasteiger partial charge in [0.25, 0.3) is 0 Å². The fourth-order valence-corrected chi connectivity index (χ4v) is 4.34. The maximum atomic E-state index is 2.80. The first-order valence-corrected chi connectivity index (χ1v) is 9.60. The van der Waals surface area contributed by atoms with E-state index in [9.17, 15) is 0 Å². The van der Waals surface area contributed by atoms with Crippen LogP contribution in [-0.2, 0) is 0 Å². The fourth-order valence-electron chi connectivity index (χ4n) is 4.34. The topological polar surface area (TPSA) is 3.24 Å². The zero-order valence-electron chi connectivity index (χ0n) is 13.9. The van der Waals surface area contributed by atoms with Crippen molar-refractivity contribution < 1.29 is 0 Å². The molecule has 0 bridgehead atoms. The van der Waals surface area contributed by atoms with E-state index in [1.54, 1.807) is 0 Å². The summed E-state index contributed by atoms with van der Waals surface area (Å²) in [5.74, 6) is 0. The molecule has 20 heavy (non-hydrogen) atoms. The molecule has 0 atom stereocenters. The maximum Gasteiger partial charge on any atom is 0.00951 e. The van der Waals surface area contributed by atoms with E-state index >= 15 is 0 Å². The van der Waals surface area contributed by atoms with Gasteiger partial charge in [0.15, 0.2) is 0 Å². The minimum atomic E-state index is 0.887. The van der Waals surface area contributed by atoms with E-state index in [-0.39, 0.29) is 0 Å². The highest BCUT2D eigenvalue weighted by molar-refractivity contribution is 4.79. The van der Waals surface area contributed by atoms with Crippen molar-refractivity contribution in [3.8, 4) is 0 Å². The van der Waals surface area contributed by atoms with Crippen LogP contribution in [0.15, 0.2) is 0 Å². The normalized spacial score (nSPS) is 26.1. The van der Waals surface area contributed by atoms with Gasteiger partial charge in [-0.1, -0.05) is 77.0 Å². The molecule has 118 valence electrons. The molecular formula is C19H37N. The molecule has 2 aliphatic carbocycles. The van der Waals surface area contributed by atoms with Gasteiger partial charge in [0.05, 0.1) is 0 Å². The Bertz CT molecular complexity index is 220. The van der Waals surface area contributed by atoms with E-state index in [0.29, 0.717) is 0 Å². The summed E-state index contributed by atoms with van der Waals surface area (Å²) in [5, 5.41) is 0. The van der Waals surface area contributed by atoms with Gasteiger partial charge in [0.1, 0.15) is 0 Å². The van der Waals surface area contributed by atoms with E-state index in [1.807, 2.05) is 0 Å². The molecule has 0 aromatic heterocycles. The summed E-state index contributed by atoms with van der Waals surface area (Å²) in [6.45, 7) is 0. The predicted molar refractivity (Wildman–Crippen MR) is 89.2 cm³/mol. The largest absolute Gasteiger partial charge is 0.300 e. The molecular weight excluding hydrogens is 242 g/mol. The minimum absolute atomic E-state index is 0.887. The van der Waals surface area contributed by atoms with Gasteiger partial charge in [0.2, 0.25) is 0 Å². The van der Waals surface area contributed by atoms with Gasteiger partial charge in [-0.05, 0) is 32.7 Å². The molecule has 0 spiro atoms. The van der Waals surface area contributed by atoms with Gasteiger partial charge in [-0.15, -0.1) is 0 Å². The van der Waals surface area contributed by atoms with Crippen molar-refractivity contribution >= 4 is 0 Å². The summed E-state index contributed by atoms with van der Waals surface area (Å²) in [6.07, 6.45) is 23.6. The molecule has 0 heterocycles. The second kappa shape index (κ2) is 9.82. The van der Waals surface area contributed by atoms with Crippen LogP contribution in [0.4, 0.5) is 0 Å². The molecule has 0 amide bonds. The molecule has 1 nitrogen and oxygen atoms in total. The van der Waals surface area contributed by atoms with E-state index in [0.717, 1.165) is 12.1 Å². The van der Waals surface area contributed by atoms with Gasteiger partial charge in [-0.2, -0.15) is 0 Å². The first-order valence-electron chi connectivity index (χ1n) is 9.60. The minimum Gasteiger partial charge on any atom is -0.300 e. The van der Waals surface area contributed by atoms with E-state index in [1.165, 1.54) is 103 Å². The predicted octanol–water partition coefficient (Wildman–Crippen LogP) is 5.92. The molecule has 2 rings (SSSR count). The van der Waals surface area contributed by atoms with Gasteiger partial charge in [-0.3, -0.25) is 0 Å². The lowest BCUT2D eigenvalue weighted by Gasteiger charge is -2.37. The Labute approximate surface area is 127 Å². The average molecular weight is 280 g/mol. The number of rotatable bonds is 2. The molecule has 0 unspecified atom stereocenters.